The SMILES string of the molecule is Nc1ncccc1-c1nc2ccc(-c3cccc(N4CCC(N5CCCS5(=O)=O)CC4)c3)nc2n1-c1ccc(C2(N)CCC2)cc1. The third kappa shape index (κ3) is 5.03. The fourth-order valence-electron chi connectivity index (χ4n) is 7.28. The molecule has 2 saturated heterocycles. The number of hydrogen-bond donors (Lipinski definition) is 2. The van der Waals surface area contributed by atoms with Gasteiger partial charge in [-0.05, 0) is 92.6 Å². The van der Waals surface area contributed by atoms with Crippen LogP contribution in [0.4, 0.5) is 11.5 Å². The molecule has 0 radical (unpaired) electrons. The van der Waals surface area contributed by atoms with Gasteiger partial charge in [0, 0.05) is 54.4 Å². The van der Waals surface area contributed by atoms with Crippen molar-refractivity contribution in [2.24, 2.45) is 5.73 Å². The van der Waals surface area contributed by atoms with Crippen molar-refractivity contribution in [3.8, 4) is 28.3 Å². The van der Waals surface area contributed by atoms with Gasteiger partial charge in [0.15, 0.2) is 11.5 Å². The minimum atomic E-state index is -3.10. The molecule has 8 rings (SSSR count). The molecule has 5 aromatic rings. The van der Waals surface area contributed by atoms with E-state index in [2.05, 4.69) is 63.0 Å². The number of nitrogens with zero attached hydrogens (tertiary/aromatic N) is 6. The molecule has 3 aromatic heterocycles. The Kier molecular flexibility index (Phi) is 7.08. The van der Waals surface area contributed by atoms with Crippen LogP contribution >= 0.6 is 0 Å². The molecule has 2 aromatic carbocycles. The average Bonchev–Trinajstić information content (AvgIpc) is 3.63. The maximum atomic E-state index is 12.5. The molecule has 3 aliphatic rings. The zero-order chi connectivity index (χ0) is 31.5. The van der Waals surface area contributed by atoms with Crippen molar-refractivity contribution in [2.75, 3.05) is 36.0 Å². The van der Waals surface area contributed by atoms with Crippen molar-refractivity contribution < 1.29 is 8.42 Å². The van der Waals surface area contributed by atoms with Crippen LogP contribution in [0.1, 0.15) is 44.1 Å². The summed E-state index contributed by atoms with van der Waals surface area (Å²) in [7, 11) is -3.10. The minimum Gasteiger partial charge on any atom is -0.383 e. The zero-order valence-electron chi connectivity index (χ0n) is 25.7. The Balaban J connectivity index is 1.14. The van der Waals surface area contributed by atoms with E-state index in [9.17, 15) is 8.42 Å². The number of piperidine rings is 1. The molecule has 5 heterocycles. The van der Waals surface area contributed by atoms with Crippen LogP contribution in [-0.4, -0.2) is 63.7 Å². The highest BCUT2D eigenvalue weighted by Crippen LogP contribution is 2.39. The summed E-state index contributed by atoms with van der Waals surface area (Å²) in [5.74, 6) is 1.37. The third-order valence-electron chi connectivity index (χ3n) is 10.0. The maximum Gasteiger partial charge on any atom is 0.214 e. The number of sulfonamides is 1. The van der Waals surface area contributed by atoms with E-state index in [0.717, 1.165) is 96.5 Å². The quantitative estimate of drug-likeness (QED) is 0.264. The van der Waals surface area contributed by atoms with Gasteiger partial charge in [-0.25, -0.2) is 23.4 Å². The van der Waals surface area contributed by atoms with E-state index in [1.807, 2.05) is 24.3 Å². The molecule has 0 atom stereocenters. The Morgan fingerprint density at radius 2 is 1.65 bits per heavy atom. The molecule has 0 unspecified atom stereocenters. The second-order valence-corrected chi connectivity index (χ2v) is 14.9. The summed E-state index contributed by atoms with van der Waals surface area (Å²) in [6, 6.07) is 24.8. The fourth-order valence-corrected chi connectivity index (χ4v) is 9.08. The normalized spacial score (nSPS) is 19.8. The van der Waals surface area contributed by atoms with Gasteiger partial charge in [0.1, 0.15) is 11.3 Å². The second kappa shape index (κ2) is 11.2. The summed E-state index contributed by atoms with van der Waals surface area (Å²) in [5, 5.41) is 0. The third-order valence-corrected chi connectivity index (χ3v) is 12.0. The molecule has 10 nitrogen and oxygen atoms in total. The Hall–Kier alpha value is -4.32. The highest BCUT2D eigenvalue weighted by atomic mass is 32.2. The van der Waals surface area contributed by atoms with Crippen molar-refractivity contribution in [2.45, 2.75) is 50.1 Å². The second-order valence-electron chi connectivity index (χ2n) is 12.9. The molecule has 0 amide bonds. The molecule has 46 heavy (non-hydrogen) atoms. The molecule has 236 valence electrons. The van der Waals surface area contributed by atoms with Crippen LogP contribution in [0, 0.1) is 0 Å². The van der Waals surface area contributed by atoms with Crippen LogP contribution in [0.25, 0.3) is 39.5 Å². The van der Waals surface area contributed by atoms with E-state index in [4.69, 9.17) is 21.4 Å². The Morgan fingerprint density at radius 1 is 0.848 bits per heavy atom. The predicted octanol–water partition coefficient (Wildman–Crippen LogP) is 5.07. The summed E-state index contributed by atoms with van der Waals surface area (Å²) >= 11 is 0. The first-order valence-electron chi connectivity index (χ1n) is 16.1. The monoisotopic (exact) mass is 634 g/mol. The molecule has 0 spiro atoms. The van der Waals surface area contributed by atoms with Crippen LogP contribution in [0.3, 0.4) is 0 Å². The van der Waals surface area contributed by atoms with Crippen molar-refractivity contribution in [1.29, 1.82) is 0 Å². The summed E-state index contributed by atoms with van der Waals surface area (Å²) in [4.78, 5) is 16.9. The lowest BCUT2D eigenvalue weighted by Gasteiger charge is -2.38. The van der Waals surface area contributed by atoms with Gasteiger partial charge in [-0.3, -0.25) is 4.57 Å². The average molecular weight is 635 g/mol. The van der Waals surface area contributed by atoms with Gasteiger partial charge in [0.2, 0.25) is 10.0 Å². The van der Waals surface area contributed by atoms with E-state index >= 15 is 0 Å². The predicted molar refractivity (Wildman–Crippen MR) is 182 cm³/mol. The molecular formula is C35H38N8O2S. The zero-order valence-corrected chi connectivity index (χ0v) is 26.5. The van der Waals surface area contributed by atoms with Crippen LogP contribution in [-0.2, 0) is 15.6 Å². The molecule has 1 saturated carbocycles. The summed E-state index contributed by atoms with van der Waals surface area (Å²) in [6.45, 7) is 2.28. The van der Waals surface area contributed by atoms with E-state index in [0.29, 0.717) is 18.2 Å². The summed E-state index contributed by atoms with van der Waals surface area (Å²) in [6.07, 6.45) is 7.23. The van der Waals surface area contributed by atoms with Crippen LogP contribution in [0.5, 0.6) is 0 Å². The molecule has 11 heteroatoms. The maximum absolute atomic E-state index is 12.5. The molecule has 2 aliphatic heterocycles. The number of hydrogen-bond acceptors (Lipinski definition) is 8. The molecule has 3 fully saturated rings. The van der Waals surface area contributed by atoms with Gasteiger partial charge < -0.3 is 16.4 Å². The van der Waals surface area contributed by atoms with Gasteiger partial charge in [-0.2, -0.15) is 4.31 Å². The van der Waals surface area contributed by atoms with Gasteiger partial charge >= 0.3 is 0 Å². The lowest BCUT2D eigenvalue weighted by atomic mass is 9.73. The molecule has 1 aliphatic carbocycles. The van der Waals surface area contributed by atoms with Crippen molar-refractivity contribution in [1.82, 2.24) is 23.8 Å². The Bertz CT molecular complexity index is 2030. The van der Waals surface area contributed by atoms with E-state index in [1.54, 1.807) is 10.5 Å². The number of nitrogen functional groups attached to an aromatic ring is 1. The molecular weight excluding hydrogens is 597 g/mol. The summed E-state index contributed by atoms with van der Waals surface area (Å²) in [5.41, 5.74) is 20.0. The first-order valence-corrected chi connectivity index (χ1v) is 17.8. The Labute approximate surface area is 269 Å². The van der Waals surface area contributed by atoms with Crippen molar-refractivity contribution in [3.05, 3.63) is 84.6 Å². The highest BCUT2D eigenvalue weighted by molar-refractivity contribution is 7.89. The first-order chi connectivity index (χ1) is 22.3. The van der Waals surface area contributed by atoms with Crippen molar-refractivity contribution >= 4 is 32.7 Å². The van der Waals surface area contributed by atoms with Crippen LogP contribution in [0.2, 0.25) is 0 Å². The Morgan fingerprint density at radius 3 is 2.35 bits per heavy atom. The van der Waals surface area contributed by atoms with E-state index < -0.39 is 10.0 Å². The number of benzene rings is 2. The fraction of sp³-hybridized carbons (Fsp3) is 0.343. The number of rotatable bonds is 6. The minimum absolute atomic E-state index is 0.0949. The highest BCUT2D eigenvalue weighted by Gasteiger charge is 2.36. The van der Waals surface area contributed by atoms with Gasteiger partial charge in [-0.1, -0.05) is 24.3 Å². The van der Waals surface area contributed by atoms with Crippen molar-refractivity contribution in [3.63, 3.8) is 0 Å². The van der Waals surface area contributed by atoms with Gasteiger partial charge in [0.05, 0.1) is 17.0 Å². The number of nitrogens with two attached hydrogens (primary N) is 2. The standard InChI is InChI=1S/C35H38N8O2S/c36-32-29(7-2-18-38-32)33-40-31-13-12-30(39-34(31)43(33)27-10-8-25(9-11-27)35(37)16-3-17-35)24-5-1-6-28(23-24)41-20-14-26(15-21-41)42-19-4-22-46(42,44)45/h1-2,5-13,18,23,26H,3-4,14-17,19-22,37H2,(H2,36,38). The van der Waals surface area contributed by atoms with Crippen LogP contribution < -0.4 is 16.4 Å². The van der Waals surface area contributed by atoms with Crippen LogP contribution in [0.15, 0.2) is 79.0 Å². The lowest BCUT2D eigenvalue weighted by Crippen LogP contribution is -2.45. The summed E-state index contributed by atoms with van der Waals surface area (Å²) < 4.78 is 28.7. The number of pyridine rings is 2. The van der Waals surface area contributed by atoms with Gasteiger partial charge in [-0.15, -0.1) is 0 Å². The number of anilines is 2. The van der Waals surface area contributed by atoms with E-state index in [1.165, 1.54) is 0 Å². The topological polar surface area (TPSA) is 136 Å². The van der Waals surface area contributed by atoms with Gasteiger partial charge in [0.25, 0.3) is 0 Å². The first kappa shape index (κ1) is 29.1. The number of imidazole rings is 1. The number of fused-ring (bicyclic) bond motifs is 1. The molecule has 0 bridgehead atoms. The lowest BCUT2D eigenvalue weighted by molar-refractivity contribution is 0.253. The largest absolute Gasteiger partial charge is 0.383 e. The smallest absolute Gasteiger partial charge is 0.214 e. The number of aromatic nitrogens is 4. The van der Waals surface area contributed by atoms with E-state index in [-0.39, 0.29) is 17.3 Å². The molecule has 4 N–H and O–H groups in total.